The number of hydrogen-bond donors (Lipinski definition) is 2. The van der Waals surface area contributed by atoms with Crippen LogP contribution in [-0.4, -0.2) is 71.2 Å². The second-order valence-electron chi connectivity index (χ2n) is 4.32. The Morgan fingerprint density at radius 3 is 1.76 bits per heavy atom. The zero-order chi connectivity index (χ0) is 12.7. The zero-order valence-corrected chi connectivity index (χ0v) is 9.97. The number of piperazine rings is 1. The van der Waals surface area contributed by atoms with Crippen LogP contribution in [0.1, 0.15) is 19.3 Å². The van der Waals surface area contributed by atoms with Crippen LogP contribution in [0.2, 0.25) is 0 Å². The highest BCUT2D eigenvalue weighted by Crippen LogP contribution is 2.04. The first-order valence-corrected chi connectivity index (χ1v) is 5.96. The molecule has 0 unspecified atom stereocenters. The molecule has 1 aliphatic heterocycles. The molecule has 1 saturated heterocycles. The minimum atomic E-state index is -0.756. The summed E-state index contributed by atoms with van der Waals surface area (Å²) in [4.78, 5) is 25.2. The van der Waals surface area contributed by atoms with E-state index in [9.17, 15) is 9.59 Å². The number of aliphatic carboxylic acids is 2. The van der Waals surface area contributed by atoms with Crippen LogP contribution < -0.4 is 0 Å². The average molecular weight is 244 g/mol. The van der Waals surface area contributed by atoms with Crippen molar-refractivity contribution in [2.75, 3.05) is 39.3 Å². The molecule has 17 heavy (non-hydrogen) atoms. The van der Waals surface area contributed by atoms with E-state index in [2.05, 4.69) is 9.80 Å². The Labute approximate surface area is 101 Å². The first-order valence-electron chi connectivity index (χ1n) is 5.96. The van der Waals surface area contributed by atoms with Gasteiger partial charge in [-0.2, -0.15) is 0 Å². The molecule has 0 bridgehead atoms. The van der Waals surface area contributed by atoms with E-state index < -0.39 is 11.9 Å². The van der Waals surface area contributed by atoms with Crippen LogP contribution in [0.25, 0.3) is 0 Å². The first kappa shape index (κ1) is 13.9. The van der Waals surface area contributed by atoms with Gasteiger partial charge in [-0.3, -0.25) is 9.59 Å². The normalized spacial score (nSPS) is 18.1. The van der Waals surface area contributed by atoms with Crippen molar-refractivity contribution in [1.29, 1.82) is 0 Å². The number of nitrogens with zero attached hydrogens (tertiary/aromatic N) is 2. The summed E-state index contributed by atoms with van der Waals surface area (Å²) in [5.74, 6) is -1.50. The fourth-order valence-electron chi connectivity index (χ4n) is 1.94. The molecule has 0 aliphatic carbocycles. The highest BCUT2D eigenvalue weighted by atomic mass is 16.4. The molecule has 0 amide bonds. The van der Waals surface area contributed by atoms with Gasteiger partial charge in [0.2, 0.25) is 0 Å². The molecule has 0 spiro atoms. The number of carboxylic acids is 2. The van der Waals surface area contributed by atoms with Crippen LogP contribution in [0, 0.1) is 0 Å². The summed E-state index contributed by atoms with van der Waals surface area (Å²) in [5, 5.41) is 17.1. The monoisotopic (exact) mass is 244 g/mol. The maximum atomic E-state index is 10.4. The maximum absolute atomic E-state index is 10.4. The first-order chi connectivity index (χ1) is 8.08. The highest BCUT2D eigenvalue weighted by Gasteiger charge is 2.16. The summed E-state index contributed by atoms with van der Waals surface area (Å²) in [7, 11) is 0. The molecule has 0 radical (unpaired) electrons. The molecule has 6 heteroatoms. The van der Waals surface area contributed by atoms with Gasteiger partial charge < -0.3 is 20.0 Å². The predicted octanol–water partition coefficient (Wildman–Crippen LogP) is -0.0565. The van der Waals surface area contributed by atoms with Crippen molar-refractivity contribution in [2.45, 2.75) is 19.3 Å². The molecule has 6 nitrogen and oxygen atoms in total. The third-order valence-corrected chi connectivity index (χ3v) is 2.97. The molecule has 98 valence electrons. The number of carbonyl (C=O) groups is 2. The molecule has 1 aliphatic rings. The van der Waals surface area contributed by atoms with Crippen LogP contribution in [0.5, 0.6) is 0 Å². The second kappa shape index (κ2) is 7.24. The third kappa shape index (κ3) is 6.23. The molecular weight excluding hydrogens is 224 g/mol. The summed E-state index contributed by atoms with van der Waals surface area (Å²) in [6.07, 6.45) is 1.10. The van der Waals surface area contributed by atoms with Crippen molar-refractivity contribution in [3.8, 4) is 0 Å². The van der Waals surface area contributed by atoms with Crippen LogP contribution in [0.15, 0.2) is 0 Å². The lowest BCUT2D eigenvalue weighted by atomic mass is 10.2. The van der Waals surface area contributed by atoms with Gasteiger partial charge in [-0.05, 0) is 13.0 Å². The molecule has 0 aromatic rings. The van der Waals surface area contributed by atoms with Gasteiger partial charge in [0.15, 0.2) is 0 Å². The molecule has 0 saturated carbocycles. The Kier molecular flexibility index (Phi) is 5.93. The van der Waals surface area contributed by atoms with E-state index in [1.54, 1.807) is 0 Å². The van der Waals surface area contributed by atoms with Crippen molar-refractivity contribution in [1.82, 2.24) is 9.80 Å². The second-order valence-corrected chi connectivity index (χ2v) is 4.32. The lowest BCUT2D eigenvalue weighted by Gasteiger charge is -2.34. The summed E-state index contributed by atoms with van der Waals surface area (Å²) in [6.45, 7) is 4.98. The molecule has 2 N–H and O–H groups in total. The van der Waals surface area contributed by atoms with Gasteiger partial charge in [0.1, 0.15) is 0 Å². The Balaban J connectivity index is 2.08. The predicted molar refractivity (Wildman–Crippen MR) is 62.0 cm³/mol. The minimum absolute atomic E-state index is 0.193. The molecule has 0 aromatic carbocycles. The fourth-order valence-corrected chi connectivity index (χ4v) is 1.94. The maximum Gasteiger partial charge on any atom is 0.304 e. The van der Waals surface area contributed by atoms with E-state index in [-0.39, 0.29) is 12.8 Å². The van der Waals surface area contributed by atoms with E-state index in [1.165, 1.54) is 0 Å². The van der Waals surface area contributed by atoms with E-state index in [4.69, 9.17) is 10.2 Å². The van der Waals surface area contributed by atoms with Crippen molar-refractivity contribution >= 4 is 11.9 Å². The molecule has 0 atom stereocenters. The van der Waals surface area contributed by atoms with Gasteiger partial charge in [-0.1, -0.05) is 0 Å². The quantitative estimate of drug-likeness (QED) is 0.653. The van der Waals surface area contributed by atoms with Crippen molar-refractivity contribution in [2.24, 2.45) is 0 Å². The molecular formula is C11H20N2O4. The smallest absolute Gasteiger partial charge is 0.304 e. The number of hydrogen-bond acceptors (Lipinski definition) is 4. The Morgan fingerprint density at radius 2 is 1.29 bits per heavy atom. The molecule has 1 rings (SSSR count). The van der Waals surface area contributed by atoms with E-state index in [0.717, 1.165) is 32.7 Å². The van der Waals surface area contributed by atoms with Crippen LogP contribution in [0.4, 0.5) is 0 Å². The molecule has 1 heterocycles. The summed E-state index contributed by atoms with van der Waals surface area (Å²) in [5.41, 5.74) is 0. The third-order valence-electron chi connectivity index (χ3n) is 2.97. The average Bonchev–Trinajstić information content (AvgIpc) is 2.27. The van der Waals surface area contributed by atoms with Gasteiger partial charge in [-0.25, -0.2) is 0 Å². The van der Waals surface area contributed by atoms with Gasteiger partial charge in [-0.15, -0.1) is 0 Å². The van der Waals surface area contributed by atoms with E-state index in [1.807, 2.05) is 0 Å². The van der Waals surface area contributed by atoms with E-state index in [0.29, 0.717) is 13.0 Å². The van der Waals surface area contributed by atoms with Crippen LogP contribution in [0.3, 0.4) is 0 Å². The van der Waals surface area contributed by atoms with Crippen LogP contribution >= 0.6 is 0 Å². The fraction of sp³-hybridized carbons (Fsp3) is 0.818. The van der Waals surface area contributed by atoms with Crippen molar-refractivity contribution in [3.63, 3.8) is 0 Å². The number of carboxylic acid groups (broad SMARTS) is 2. The topological polar surface area (TPSA) is 81.1 Å². The standard InChI is InChI=1S/C11H20N2O4/c14-10(15)2-1-4-12-6-8-13(9-7-12)5-3-11(16)17/h1-9H2,(H,14,15)(H,16,17). The van der Waals surface area contributed by atoms with Crippen molar-refractivity contribution in [3.05, 3.63) is 0 Å². The number of rotatable bonds is 7. The zero-order valence-electron chi connectivity index (χ0n) is 9.97. The summed E-state index contributed by atoms with van der Waals surface area (Å²) < 4.78 is 0. The molecule has 0 aromatic heterocycles. The Morgan fingerprint density at radius 1 is 0.824 bits per heavy atom. The van der Waals surface area contributed by atoms with Crippen molar-refractivity contribution < 1.29 is 19.8 Å². The summed E-state index contributed by atoms with van der Waals surface area (Å²) >= 11 is 0. The van der Waals surface area contributed by atoms with Crippen LogP contribution in [-0.2, 0) is 9.59 Å². The lowest BCUT2D eigenvalue weighted by Crippen LogP contribution is -2.47. The van der Waals surface area contributed by atoms with Gasteiger partial charge in [0, 0.05) is 39.1 Å². The van der Waals surface area contributed by atoms with Gasteiger partial charge in [0.25, 0.3) is 0 Å². The van der Waals surface area contributed by atoms with E-state index >= 15 is 0 Å². The minimum Gasteiger partial charge on any atom is -0.481 e. The Bertz CT molecular complexity index is 262. The largest absolute Gasteiger partial charge is 0.481 e. The Hall–Kier alpha value is -1.14. The molecule has 1 fully saturated rings. The highest BCUT2D eigenvalue weighted by molar-refractivity contribution is 5.67. The van der Waals surface area contributed by atoms with Gasteiger partial charge in [0.05, 0.1) is 6.42 Å². The SMILES string of the molecule is O=C(O)CCCN1CCN(CCC(=O)O)CC1. The summed E-state index contributed by atoms with van der Waals surface area (Å²) in [6, 6.07) is 0. The van der Waals surface area contributed by atoms with Gasteiger partial charge >= 0.3 is 11.9 Å². The lowest BCUT2D eigenvalue weighted by molar-refractivity contribution is -0.138.